The molecule has 33 nitrogen and oxygen atoms in total. The molecular formula is C88H122F6O33S2. The van der Waals surface area contributed by atoms with E-state index < -0.39 is 163 Å². The molecule has 0 aromatic heterocycles. The Bertz CT molecular complexity index is 4570. The summed E-state index contributed by atoms with van der Waals surface area (Å²) in [6.07, 6.45) is -8.68. The van der Waals surface area contributed by atoms with E-state index in [1.165, 1.54) is 20.3 Å². The van der Waals surface area contributed by atoms with Crippen molar-refractivity contribution in [3.05, 3.63) is 97.2 Å². The van der Waals surface area contributed by atoms with Gasteiger partial charge in [-0.15, -0.1) is 0 Å². The molecule has 0 spiro atoms. The van der Waals surface area contributed by atoms with Crippen LogP contribution in [0, 0.1) is 58.7 Å². The van der Waals surface area contributed by atoms with E-state index in [0.717, 1.165) is 51.9 Å². The van der Waals surface area contributed by atoms with E-state index in [9.17, 15) is 111 Å². The molecule has 1 N–H and O–H groups in total. The zero-order valence-corrected chi connectivity index (χ0v) is 72.4. The van der Waals surface area contributed by atoms with Crippen LogP contribution in [0.3, 0.4) is 0 Å². The van der Waals surface area contributed by atoms with Gasteiger partial charge in [0.05, 0.1) is 41.7 Å². The summed E-state index contributed by atoms with van der Waals surface area (Å²) in [6, 6.07) is 0. The number of carbonyl (C=O) groups excluding carboxylic acids is 13. The molecular weight excluding hydrogens is 1760 g/mol. The molecule has 0 aromatic rings. The Balaban J connectivity index is 0.000000309. The molecule has 21 unspecified atom stereocenters. The van der Waals surface area contributed by atoms with Crippen LogP contribution in [0.4, 0.5) is 26.3 Å². The van der Waals surface area contributed by atoms with E-state index >= 15 is 0 Å². The van der Waals surface area contributed by atoms with Gasteiger partial charge in [-0.3, -0.25) is 22.7 Å². The Morgan fingerprint density at radius 3 is 1.33 bits per heavy atom. The summed E-state index contributed by atoms with van der Waals surface area (Å²) >= 11 is 0. The van der Waals surface area contributed by atoms with Crippen molar-refractivity contribution in [2.24, 2.45) is 58.7 Å². The van der Waals surface area contributed by atoms with Gasteiger partial charge < -0.3 is 66.7 Å². The van der Waals surface area contributed by atoms with Crippen LogP contribution in [0.25, 0.3) is 0 Å². The monoisotopic (exact) mass is 1880 g/mol. The number of fused-ring (bicyclic) bond motifs is 3. The van der Waals surface area contributed by atoms with Gasteiger partial charge in [0.15, 0.2) is 6.61 Å². The molecule has 726 valence electrons. The molecule has 16 aliphatic rings. The molecule has 129 heavy (non-hydrogen) atoms. The topological polar surface area (TPSA) is 449 Å². The Morgan fingerprint density at radius 1 is 0.496 bits per heavy atom. The number of esters is 13. The Labute approximate surface area is 747 Å². The lowest BCUT2D eigenvalue weighted by Gasteiger charge is -2.59. The zero-order valence-electron chi connectivity index (χ0n) is 70.8. The van der Waals surface area contributed by atoms with Crippen LogP contribution < -0.4 is 0 Å². The molecule has 6 aliphatic heterocycles. The maximum Gasteiger partial charge on any atom is 0.434 e. The summed E-state index contributed by atoms with van der Waals surface area (Å²) in [5.41, 5.74) is 0.0751. The lowest BCUT2D eigenvalue weighted by Crippen LogP contribution is -2.60. The third-order valence-corrected chi connectivity index (χ3v) is 27.5. The molecule has 10 aliphatic carbocycles. The number of alkyl halides is 6. The maximum absolute atomic E-state index is 11.8. The molecule has 6 saturated heterocycles. The second-order valence-electron chi connectivity index (χ2n) is 34.6. The van der Waals surface area contributed by atoms with Crippen LogP contribution in [0.2, 0.25) is 0 Å². The van der Waals surface area contributed by atoms with Gasteiger partial charge in [0.25, 0.3) is 26.3 Å². The lowest BCUT2D eigenvalue weighted by molar-refractivity contribution is -0.312. The van der Waals surface area contributed by atoms with Crippen LogP contribution in [0.5, 0.6) is 0 Å². The number of hydrogen-bond donors (Lipinski definition) is 1. The summed E-state index contributed by atoms with van der Waals surface area (Å²) in [6.45, 7) is 43.0. The van der Waals surface area contributed by atoms with Gasteiger partial charge in [-0.25, -0.2) is 47.9 Å². The first kappa shape index (κ1) is 112. The molecule has 0 aromatic carbocycles. The predicted octanol–water partition coefficient (Wildman–Crippen LogP) is 11.4. The first-order valence-electron chi connectivity index (χ1n) is 40.2. The first-order chi connectivity index (χ1) is 57.7. The average molecular weight is 1890 g/mol. The zero-order chi connectivity index (χ0) is 93.8. The number of cyclic esters (lactones) is 3. The third kappa shape index (κ3) is 27.3. The average Bonchev–Trinajstić information content (AvgIpc) is 1.31. The first-order valence-corrected chi connectivity index (χ1v) is 43.1. The Hall–Kier alpha value is -9.61. The molecule has 41 heteroatoms. The molecule has 0 radical (unpaired) electrons. The number of rotatable bonds is 19. The minimum atomic E-state index is -5.69. The predicted molar refractivity (Wildman–Crippen MR) is 444 cm³/mol. The summed E-state index contributed by atoms with van der Waals surface area (Å²) in [4.78, 5) is 146. The van der Waals surface area contributed by atoms with Gasteiger partial charge in [0.1, 0.15) is 66.5 Å². The minimum absolute atomic E-state index is 0. The number of aliphatic hydroxyl groups is 1. The van der Waals surface area contributed by atoms with Crippen molar-refractivity contribution < 1.29 is 181 Å². The fourth-order valence-corrected chi connectivity index (χ4v) is 21.9. The number of ether oxygens (including phenoxy) is 13. The summed E-state index contributed by atoms with van der Waals surface area (Å²) < 4.78 is 192. The second-order valence-corrected chi connectivity index (χ2v) is 38.2. The number of hydrogen-bond acceptors (Lipinski definition) is 33. The molecule has 21 atom stereocenters. The van der Waals surface area contributed by atoms with Gasteiger partial charge >= 0.3 is 90.0 Å². The Kier molecular flexibility index (Phi) is 38.2. The molecule has 10 saturated carbocycles. The highest BCUT2D eigenvalue weighted by atomic mass is 32.2. The van der Waals surface area contributed by atoms with Crippen molar-refractivity contribution >= 4 is 97.8 Å². The number of halogens is 6. The third-order valence-electron chi connectivity index (χ3n) is 23.9. The van der Waals surface area contributed by atoms with E-state index in [4.69, 9.17) is 55.7 Å². The van der Waals surface area contributed by atoms with Gasteiger partial charge in [0, 0.05) is 99.4 Å². The van der Waals surface area contributed by atoms with E-state index in [1.807, 2.05) is 0 Å². The van der Waals surface area contributed by atoms with Gasteiger partial charge in [0.2, 0.25) is 6.10 Å². The van der Waals surface area contributed by atoms with Crippen molar-refractivity contribution in [2.45, 2.75) is 290 Å². The van der Waals surface area contributed by atoms with E-state index in [0.29, 0.717) is 97.4 Å². The van der Waals surface area contributed by atoms with Crippen LogP contribution >= 0.6 is 0 Å². The minimum Gasteiger partial charge on any atom is -0.465 e. The largest absolute Gasteiger partial charge is 0.465 e. The normalized spacial score (nSPS) is 32.4. The van der Waals surface area contributed by atoms with Crippen molar-refractivity contribution in [1.29, 1.82) is 0 Å². The van der Waals surface area contributed by atoms with Crippen LogP contribution in [0.15, 0.2) is 97.2 Å². The SMILES string of the molecule is C.C.C.C.C=C(C)C(=O)OC(C(F)(F)F)C(F)(F)F.C=C(C)C(=O)OC(C)C1(C)CCOC1=O.C=C(C)C(=O)OC12CC3CC(CC(O)(C3)C1)C2.C=C(C)C(=O)OC1C2CC3C(=O)OC1C3C2.C=C(C)C(=O)OC1C2CC3C1OS(=O)(=O)C3C2.C=C(C)C(=O)OC1CCOC1=O.C=C(C)C(=O)OC1COC(=O)C1.C=C(C)C(=O)OCC(=O)OC1C2CC3C1OS(=O)(=O)C3C2. The van der Waals surface area contributed by atoms with Crippen LogP contribution in [0.1, 0.15) is 195 Å². The molecule has 16 fully saturated rings. The van der Waals surface area contributed by atoms with Crippen LogP contribution in [-0.2, 0) is 153 Å². The van der Waals surface area contributed by atoms with Crippen molar-refractivity contribution in [3.8, 4) is 0 Å². The fraction of sp³-hybridized carbons (Fsp3) is 0.670. The van der Waals surface area contributed by atoms with Crippen LogP contribution in [-0.4, -0.2) is 221 Å². The molecule has 6 heterocycles. The quantitative estimate of drug-likeness (QED) is 0.0412. The highest BCUT2D eigenvalue weighted by Gasteiger charge is 2.68. The van der Waals surface area contributed by atoms with E-state index in [-0.39, 0.29) is 137 Å². The van der Waals surface area contributed by atoms with Crippen molar-refractivity contribution in [2.75, 3.05) is 26.4 Å². The Morgan fingerprint density at radius 2 is 0.922 bits per heavy atom. The van der Waals surface area contributed by atoms with Gasteiger partial charge in [-0.1, -0.05) is 82.3 Å². The molecule has 10 bridgehead atoms. The summed E-state index contributed by atoms with van der Waals surface area (Å²) in [5, 5.41) is 9.67. The smallest absolute Gasteiger partial charge is 0.434 e. The standard InChI is InChI=1S/C14H20O3.C13H16O7S.C12H14O4.C11H14O5S.C11H16O4.2C8H10O4.C7H6F6O2.4CH4/c1-9(2)12(15)17-14-6-10-3-11(7-14)5-13(16,4-10)8-14;1-6(2)13(15)18-5-10(14)19-11-7-3-8-9(4-7)21(16,17)20-12(8)11;1-5(2)11(13)15-9-6-3-7-8(4-6)12(14)16-10(7)9;1-5(2)11(12)15-9-6-3-7-8(4-6)17(13,14)16-10(7)9;1-7(2)9(12)15-8(3)11(4)5-6-14-10(11)13;1-5(2)8(10)12-6-3-7(9)11-4-6;1-5(2)7(9)12-6-3-4-11-8(6)10;1-3(2)4(14)15-5(6(8,9)10)7(11,12)13;;;;/h10-11,16H,1,3-8H2,2H3;7-9,11-12H,1,3-5H2,2H3;6-10H,1,3-4H2,2H3;6-10H,1,3-4H2,2H3;8H,1,5-6H2,2-4H3;2*6H,1,3-4H2,2H3;5H,1H2,2H3;4*1H4. The molecule has 16 rings (SSSR count). The number of carbonyl (C=O) groups is 13. The highest BCUT2D eigenvalue weighted by Crippen LogP contribution is 2.61. The summed E-state index contributed by atoms with van der Waals surface area (Å²) in [5.74, 6) is -5.17. The lowest BCUT2D eigenvalue weighted by atomic mass is 9.52. The van der Waals surface area contributed by atoms with Gasteiger partial charge in [-0.05, 0) is 152 Å². The maximum atomic E-state index is 11.8. The summed E-state index contributed by atoms with van der Waals surface area (Å²) in [7, 11) is -6.96. The van der Waals surface area contributed by atoms with Crippen molar-refractivity contribution in [1.82, 2.24) is 0 Å². The van der Waals surface area contributed by atoms with Crippen molar-refractivity contribution in [3.63, 3.8) is 0 Å². The molecule has 0 amide bonds. The van der Waals surface area contributed by atoms with E-state index in [1.54, 1.807) is 48.5 Å². The highest BCUT2D eigenvalue weighted by molar-refractivity contribution is 7.88. The fourth-order valence-electron chi connectivity index (χ4n) is 18.1. The van der Waals surface area contributed by atoms with E-state index in [2.05, 4.69) is 66.8 Å². The van der Waals surface area contributed by atoms with Gasteiger partial charge in [-0.2, -0.15) is 43.2 Å². The second kappa shape index (κ2) is 44.1.